The molecule has 0 saturated carbocycles. The van der Waals surface area contributed by atoms with Crippen molar-refractivity contribution < 1.29 is 8.42 Å². The van der Waals surface area contributed by atoms with Crippen molar-refractivity contribution in [2.24, 2.45) is 0 Å². The summed E-state index contributed by atoms with van der Waals surface area (Å²) in [6.07, 6.45) is 1.63. The van der Waals surface area contributed by atoms with E-state index in [0.29, 0.717) is 17.3 Å². The van der Waals surface area contributed by atoms with Crippen LogP contribution in [-0.4, -0.2) is 20.7 Å². The molecule has 0 aliphatic carbocycles. The summed E-state index contributed by atoms with van der Waals surface area (Å²) < 4.78 is 26.2. The Balaban J connectivity index is 2.43. The van der Waals surface area contributed by atoms with Crippen LogP contribution in [0.3, 0.4) is 0 Å². The van der Waals surface area contributed by atoms with Gasteiger partial charge in [0.25, 0.3) is 0 Å². The Morgan fingerprint density at radius 1 is 1.31 bits per heavy atom. The molecular weight excluding hydrogens is 361 g/mol. The molecule has 0 amide bonds. The summed E-state index contributed by atoms with van der Waals surface area (Å²) in [7, 11) is -3.17. The fourth-order valence-corrected chi connectivity index (χ4v) is 4.41. The normalized spacial score (nSPS) is 19.8. The molecule has 0 unspecified atom stereocenters. The Morgan fingerprint density at radius 3 is 2.69 bits per heavy atom. The summed E-state index contributed by atoms with van der Waals surface area (Å²) >= 11 is 8.23. The Morgan fingerprint density at radius 2 is 2.06 bits per heavy atom. The molecule has 1 aromatic rings. The van der Waals surface area contributed by atoms with Gasteiger partial charge in [-0.1, -0.05) is 11.6 Å². The molecule has 3 nitrogen and oxygen atoms in total. The topological polar surface area (TPSA) is 37.4 Å². The van der Waals surface area contributed by atoms with Gasteiger partial charge in [0.1, 0.15) is 0 Å². The number of benzene rings is 1. The van der Waals surface area contributed by atoms with Crippen molar-refractivity contribution in [2.45, 2.75) is 12.8 Å². The minimum absolute atomic E-state index is 0.218. The Bertz CT molecular complexity index is 504. The average molecular weight is 372 g/mol. The van der Waals surface area contributed by atoms with Crippen molar-refractivity contribution in [1.82, 2.24) is 0 Å². The minimum atomic E-state index is -3.17. The monoisotopic (exact) mass is 371 g/mol. The molecule has 1 heterocycles. The molecule has 1 aromatic carbocycles. The maximum Gasteiger partial charge on any atom is 0.235 e. The van der Waals surface area contributed by atoms with Crippen LogP contribution in [0.15, 0.2) is 18.2 Å². The highest BCUT2D eigenvalue weighted by Crippen LogP contribution is 2.31. The molecule has 1 fully saturated rings. The molecule has 0 atom stereocenters. The lowest BCUT2D eigenvalue weighted by Gasteiger charge is -2.28. The van der Waals surface area contributed by atoms with E-state index in [-0.39, 0.29) is 5.75 Å². The first kappa shape index (κ1) is 12.4. The van der Waals surface area contributed by atoms with Gasteiger partial charge in [-0.05, 0) is 53.6 Å². The summed E-state index contributed by atoms with van der Waals surface area (Å²) in [6.45, 7) is 0.530. The zero-order valence-electron chi connectivity index (χ0n) is 8.49. The van der Waals surface area contributed by atoms with E-state index in [0.717, 1.165) is 16.4 Å². The second-order valence-corrected chi connectivity index (χ2v) is 7.36. The van der Waals surface area contributed by atoms with Gasteiger partial charge in [0.15, 0.2) is 0 Å². The number of anilines is 1. The molecular formula is C10H11ClINO2S. The molecule has 0 aromatic heterocycles. The number of nitrogens with zero attached hydrogens (tertiary/aromatic N) is 1. The largest absolute Gasteiger partial charge is 0.269 e. The van der Waals surface area contributed by atoms with Gasteiger partial charge in [0.05, 0.1) is 16.5 Å². The van der Waals surface area contributed by atoms with E-state index < -0.39 is 10.0 Å². The fourth-order valence-electron chi connectivity index (χ4n) is 1.74. The van der Waals surface area contributed by atoms with Crippen LogP contribution in [0.5, 0.6) is 0 Å². The van der Waals surface area contributed by atoms with Crippen LogP contribution in [0.1, 0.15) is 12.8 Å². The first-order chi connectivity index (χ1) is 7.50. The van der Waals surface area contributed by atoms with Crippen LogP contribution < -0.4 is 4.31 Å². The molecule has 2 rings (SSSR count). The van der Waals surface area contributed by atoms with Crippen molar-refractivity contribution in [2.75, 3.05) is 16.6 Å². The third-order valence-corrected chi connectivity index (χ3v) is 5.36. The summed E-state index contributed by atoms with van der Waals surface area (Å²) in [6, 6.07) is 5.42. The third-order valence-electron chi connectivity index (χ3n) is 2.53. The van der Waals surface area contributed by atoms with Crippen LogP contribution in [0.25, 0.3) is 0 Å². The van der Waals surface area contributed by atoms with Crippen LogP contribution in [0, 0.1) is 3.57 Å². The van der Waals surface area contributed by atoms with E-state index in [4.69, 9.17) is 11.6 Å². The van der Waals surface area contributed by atoms with Gasteiger partial charge >= 0.3 is 0 Å². The van der Waals surface area contributed by atoms with E-state index in [2.05, 4.69) is 22.6 Å². The van der Waals surface area contributed by atoms with Crippen molar-refractivity contribution >= 4 is 49.9 Å². The van der Waals surface area contributed by atoms with E-state index in [1.807, 2.05) is 6.07 Å². The zero-order chi connectivity index (χ0) is 11.8. The maximum absolute atomic E-state index is 11.9. The standard InChI is InChI=1S/C10H11ClINO2S/c11-9-7-8(12)3-4-10(9)13-5-1-2-6-16(13,14)15/h3-4,7H,1-2,5-6H2. The van der Waals surface area contributed by atoms with Gasteiger partial charge in [0.2, 0.25) is 10.0 Å². The molecule has 0 N–H and O–H groups in total. The van der Waals surface area contributed by atoms with Gasteiger partial charge in [0, 0.05) is 10.1 Å². The molecule has 0 spiro atoms. The molecule has 16 heavy (non-hydrogen) atoms. The highest BCUT2D eigenvalue weighted by molar-refractivity contribution is 14.1. The first-order valence-electron chi connectivity index (χ1n) is 4.96. The number of sulfonamides is 1. The highest BCUT2D eigenvalue weighted by atomic mass is 127. The number of halogens is 2. The van der Waals surface area contributed by atoms with E-state index in [1.54, 1.807) is 12.1 Å². The molecule has 1 aliphatic heterocycles. The van der Waals surface area contributed by atoms with E-state index in [9.17, 15) is 8.42 Å². The smallest absolute Gasteiger partial charge is 0.235 e. The summed E-state index contributed by atoms with van der Waals surface area (Å²) in [5.74, 6) is 0.218. The van der Waals surface area contributed by atoms with E-state index in [1.165, 1.54) is 4.31 Å². The second-order valence-electron chi connectivity index (χ2n) is 3.69. The van der Waals surface area contributed by atoms with Gasteiger partial charge in [-0.25, -0.2) is 8.42 Å². The molecule has 6 heteroatoms. The van der Waals surface area contributed by atoms with Crippen LogP contribution in [0.4, 0.5) is 5.69 Å². The lowest BCUT2D eigenvalue weighted by molar-refractivity contribution is 0.574. The Hall–Kier alpha value is -0.0100. The van der Waals surface area contributed by atoms with Gasteiger partial charge < -0.3 is 0 Å². The SMILES string of the molecule is O=S1(=O)CCCCN1c1ccc(I)cc1Cl. The number of hydrogen-bond acceptors (Lipinski definition) is 2. The predicted octanol–water partition coefficient (Wildman–Crippen LogP) is 2.87. The van der Waals surface area contributed by atoms with Crippen molar-refractivity contribution in [3.8, 4) is 0 Å². The molecule has 0 bridgehead atoms. The minimum Gasteiger partial charge on any atom is -0.269 e. The zero-order valence-corrected chi connectivity index (χ0v) is 12.2. The quantitative estimate of drug-likeness (QED) is 0.712. The van der Waals surface area contributed by atoms with Gasteiger partial charge in [-0.15, -0.1) is 0 Å². The van der Waals surface area contributed by atoms with Crippen LogP contribution >= 0.6 is 34.2 Å². The highest BCUT2D eigenvalue weighted by Gasteiger charge is 2.27. The fraction of sp³-hybridized carbons (Fsp3) is 0.400. The second kappa shape index (κ2) is 4.70. The van der Waals surface area contributed by atoms with Crippen molar-refractivity contribution in [1.29, 1.82) is 0 Å². The van der Waals surface area contributed by atoms with Crippen LogP contribution in [-0.2, 0) is 10.0 Å². The lowest BCUT2D eigenvalue weighted by Crippen LogP contribution is -2.38. The molecule has 88 valence electrons. The number of hydrogen-bond donors (Lipinski definition) is 0. The van der Waals surface area contributed by atoms with Crippen molar-refractivity contribution in [3.05, 3.63) is 26.8 Å². The first-order valence-corrected chi connectivity index (χ1v) is 8.03. The average Bonchev–Trinajstić information content (AvgIpc) is 2.19. The van der Waals surface area contributed by atoms with Gasteiger partial charge in [-0.3, -0.25) is 4.31 Å². The third kappa shape index (κ3) is 2.46. The maximum atomic E-state index is 11.9. The van der Waals surface area contributed by atoms with Gasteiger partial charge in [-0.2, -0.15) is 0 Å². The summed E-state index contributed by atoms with van der Waals surface area (Å²) in [4.78, 5) is 0. The predicted molar refractivity (Wildman–Crippen MR) is 74.5 cm³/mol. The number of rotatable bonds is 1. The molecule has 1 aliphatic rings. The summed E-state index contributed by atoms with van der Waals surface area (Å²) in [5, 5.41) is 0.498. The van der Waals surface area contributed by atoms with Crippen molar-refractivity contribution in [3.63, 3.8) is 0 Å². The lowest BCUT2D eigenvalue weighted by atomic mass is 10.3. The Kier molecular flexibility index (Phi) is 3.65. The molecule has 0 radical (unpaired) electrons. The van der Waals surface area contributed by atoms with E-state index >= 15 is 0 Å². The Labute approximate surface area is 114 Å². The van der Waals surface area contributed by atoms with Crippen LogP contribution in [0.2, 0.25) is 5.02 Å². The molecule has 1 saturated heterocycles. The summed E-state index contributed by atoms with van der Waals surface area (Å²) in [5.41, 5.74) is 0.599.